The Balaban J connectivity index is 1.16. The molecule has 0 aromatic heterocycles. The molecule has 2 nitrogen and oxygen atoms in total. The lowest BCUT2D eigenvalue weighted by atomic mass is 9.70. The summed E-state index contributed by atoms with van der Waals surface area (Å²) >= 11 is 0. The Morgan fingerprint density at radius 2 is 0.529 bits per heavy atom. The predicted octanol–water partition coefficient (Wildman–Crippen LogP) is 13.0. The van der Waals surface area contributed by atoms with Crippen molar-refractivity contribution in [1.29, 1.82) is 0 Å². The van der Waals surface area contributed by atoms with Gasteiger partial charge in [-0.1, -0.05) is 133 Å². The van der Waals surface area contributed by atoms with Crippen LogP contribution in [0.4, 0.5) is 34.1 Å². The molecule has 0 atom stereocenters. The Kier molecular flexibility index (Phi) is 6.75. The Labute approximate surface area is 299 Å². The number of hydrogen-bond donors (Lipinski definition) is 0. The average Bonchev–Trinajstić information content (AvgIpc) is 3.67. The van der Waals surface area contributed by atoms with Crippen molar-refractivity contribution < 1.29 is 0 Å². The number of hydrogen-bond acceptors (Lipinski definition) is 2. The summed E-state index contributed by atoms with van der Waals surface area (Å²) in [6.07, 6.45) is 0. The van der Waals surface area contributed by atoms with Crippen LogP contribution in [0, 0.1) is 0 Å². The van der Waals surface area contributed by atoms with Gasteiger partial charge in [0.15, 0.2) is 0 Å². The van der Waals surface area contributed by atoms with Crippen LogP contribution in [0.5, 0.6) is 0 Å². The molecule has 0 radical (unpaired) electrons. The molecule has 0 saturated carbocycles. The fourth-order valence-corrected chi connectivity index (χ4v) is 8.60. The van der Waals surface area contributed by atoms with Gasteiger partial charge in [-0.05, 0) is 117 Å². The Hall–Kier alpha value is -6.64. The highest BCUT2D eigenvalue weighted by molar-refractivity contribution is 5.96. The number of para-hydroxylation sites is 3. The topological polar surface area (TPSA) is 6.48 Å². The van der Waals surface area contributed by atoms with Crippen LogP contribution in [0.15, 0.2) is 206 Å². The predicted molar refractivity (Wildman–Crippen MR) is 212 cm³/mol. The standard InChI is InChI=1S/C49H34N2/c1-4-16-35(17-5-1)50(36-18-6-2-7-19-36)38-28-30-39(31-29-38)51(37-20-8-3-9-21-37)40-32-33-44-43-24-12-15-27-47(43)49(48(44)34-40)45-25-13-10-22-41(45)42-23-11-14-26-46(42)49/h1-34H. The number of benzene rings is 8. The van der Waals surface area contributed by atoms with E-state index in [1.807, 2.05) is 0 Å². The molecule has 2 heteroatoms. The minimum Gasteiger partial charge on any atom is -0.311 e. The van der Waals surface area contributed by atoms with E-state index in [9.17, 15) is 0 Å². The van der Waals surface area contributed by atoms with Gasteiger partial charge in [0.05, 0.1) is 5.41 Å². The first-order valence-corrected chi connectivity index (χ1v) is 17.6. The van der Waals surface area contributed by atoms with Crippen LogP contribution in [0.3, 0.4) is 0 Å². The molecule has 0 bridgehead atoms. The summed E-state index contributed by atoms with van der Waals surface area (Å²) in [6.45, 7) is 0. The van der Waals surface area contributed by atoms with Crippen molar-refractivity contribution in [3.05, 3.63) is 229 Å². The van der Waals surface area contributed by atoms with Crippen LogP contribution < -0.4 is 9.80 Å². The van der Waals surface area contributed by atoms with Crippen LogP contribution >= 0.6 is 0 Å². The average molecular weight is 651 g/mol. The van der Waals surface area contributed by atoms with Gasteiger partial charge in [0.25, 0.3) is 0 Å². The third-order valence-electron chi connectivity index (χ3n) is 10.6. The summed E-state index contributed by atoms with van der Waals surface area (Å²) in [6, 6.07) is 75.0. The first kappa shape index (κ1) is 29.3. The lowest BCUT2D eigenvalue weighted by molar-refractivity contribution is 0.793. The van der Waals surface area contributed by atoms with E-state index in [-0.39, 0.29) is 0 Å². The minimum atomic E-state index is -0.396. The Bertz CT molecular complexity index is 2420. The van der Waals surface area contributed by atoms with E-state index < -0.39 is 5.41 Å². The van der Waals surface area contributed by atoms with Gasteiger partial charge < -0.3 is 9.80 Å². The molecule has 0 heterocycles. The zero-order valence-electron chi connectivity index (χ0n) is 28.0. The van der Waals surface area contributed by atoms with Crippen molar-refractivity contribution in [2.75, 3.05) is 9.80 Å². The normalized spacial score (nSPS) is 12.9. The van der Waals surface area contributed by atoms with Gasteiger partial charge in [0.2, 0.25) is 0 Å². The molecule has 2 aliphatic carbocycles. The molecule has 0 fully saturated rings. The summed E-state index contributed by atoms with van der Waals surface area (Å²) in [5.41, 5.74) is 16.9. The Morgan fingerprint density at radius 3 is 0.941 bits per heavy atom. The summed E-state index contributed by atoms with van der Waals surface area (Å²) in [5, 5.41) is 0. The van der Waals surface area contributed by atoms with Gasteiger partial charge in [-0.3, -0.25) is 0 Å². The fourth-order valence-electron chi connectivity index (χ4n) is 8.60. The summed E-state index contributed by atoms with van der Waals surface area (Å²) in [7, 11) is 0. The van der Waals surface area contributed by atoms with E-state index >= 15 is 0 Å². The van der Waals surface area contributed by atoms with Crippen molar-refractivity contribution in [2.45, 2.75) is 5.41 Å². The molecule has 0 aliphatic heterocycles. The SMILES string of the molecule is c1ccc(N(c2ccccc2)c2ccc(N(c3ccccc3)c3ccc4c(c3)C3(c5ccccc5-c5ccccc53)c3ccccc3-4)cc2)cc1. The minimum absolute atomic E-state index is 0.396. The van der Waals surface area contributed by atoms with Gasteiger partial charge in [-0.15, -0.1) is 0 Å². The maximum Gasteiger partial charge on any atom is 0.0726 e. The quantitative estimate of drug-likeness (QED) is 0.177. The van der Waals surface area contributed by atoms with Crippen LogP contribution in [-0.2, 0) is 5.41 Å². The molecule has 51 heavy (non-hydrogen) atoms. The van der Waals surface area contributed by atoms with E-state index in [1.54, 1.807) is 0 Å². The molecule has 0 amide bonds. The van der Waals surface area contributed by atoms with E-state index in [4.69, 9.17) is 0 Å². The maximum atomic E-state index is 2.45. The van der Waals surface area contributed by atoms with Crippen LogP contribution in [0.2, 0.25) is 0 Å². The van der Waals surface area contributed by atoms with Crippen molar-refractivity contribution >= 4 is 34.1 Å². The van der Waals surface area contributed by atoms with Gasteiger partial charge in [0, 0.05) is 34.1 Å². The first-order valence-electron chi connectivity index (χ1n) is 17.6. The molecule has 2 aliphatic rings. The van der Waals surface area contributed by atoms with Crippen LogP contribution in [0.1, 0.15) is 22.3 Å². The summed E-state index contributed by atoms with van der Waals surface area (Å²) in [4.78, 5) is 4.70. The Morgan fingerprint density at radius 1 is 0.235 bits per heavy atom. The monoisotopic (exact) mass is 650 g/mol. The molecular weight excluding hydrogens is 617 g/mol. The lowest BCUT2D eigenvalue weighted by Gasteiger charge is -2.32. The number of fused-ring (bicyclic) bond motifs is 10. The van der Waals surface area contributed by atoms with Gasteiger partial charge in [-0.25, -0.2) is 0 Å². The third-order valence-corrected chi connectivity index (χ3v) is 10.6. The largest absolute Gasteiger partial charge is 0.311 e. The van der Waals surface area contributed by atoms with E-state index in [2.05, 4.69) is 216 Å². The van der Waals surface area contributed by atoms with Gasteiger partial charge >= 0.3 is 0 Å². The highest BCUT2D eigenvalue weighted by Gasteiger charge is 2.51. The van der Waals surface area contributed by atoms with Crippen LogP contribution in [0.25, 0.3) is 22.3 Å². The van der Waals surface area contributed by atoms with Gasteiger partial charge in [0.1, 0.15) is 0 Å². The highest BCUT2D eigenvalue weighted by atomic mass is 15.2. The molecule has 240 valence electrons. The first-order chi connectivity index (χ1) is 25.3. The summed E-state index contributed by atoms with van der Waals surface area (Å²) < 4.78 is 0. The molecule has 8 aromatic rings. The molecular formula is C49H34N2. The van der Waals surface area contributed by atoms with Crippen molar-refractivity contribution in [3.63, 3.8) is 0 Å². The highest BCUT2D eigenvalue weighted by Crippen LogP contribution is 2.63. The zero-order chi connectivity index (χ0) is 33.8. The van der Waals surface area contributed by atoms with Gasteiger partial charge in [-0.2, -0.15) is 0 Å². The molecule has 1 spiro atoms. The number of anilines is 6. The van der Waals surface area contributed by atoms with Crippen molar-refractivity contribution in [2.24, 2.45) is 0 Å². The molecule has 0 saturated heterocycles. The number of rotatable bonds is 6. The van der Waals surface area contributed by atoms with E-state index in [1.165, 1.54) is 44.5 Å². The van der Waals surface area contributed by atoms with E-state index in [0.29, 0.717) is 0 Å². The molecule has 8 aromatic carbocycles. The summed E-state index contributed by atoms with van der Waals surface area (Å²) in [5.74, 6) is 0. The number of nitrogens with zero attached hydrogens (tertiary/aromatic N) is 2. The third kappa shape index (κ3) is 4.43. The van der Waals surface area contributed by atoms with Crippen LogP contribution in [-0.4, -0.2) is 0 Å². The van der Waals surface area contributed by atoms with Crippen molar-refractivity contribution in [3.8, 4) is 22.3 Å². The zero-order valence-corrected chi connectivity index (χ0v) is 28.0. The van der Waals surface area contributed by atoms with Crippen molar-refractivity contribution in [1.82, 2.24) is 0 Å². The second-order valence-electron chi connectivity index (χ2n) is 13.3. The molecule has 10 rings (SSSR count). The maximum absolute atomic E-state index is 2.45. The smallest absolute Gasteiger partial charge is 0.0726 e. The second kappa shape index (κ2) is 11.8. The molecule has 0 unspecified atom stereocenters. The second-order valence-corrected chi connectivity index (χ2v) is 13.3. The fraction of sp³-hybridized carbons (Fsp3) is 0.0204. The lowest BCUT2D eigenvalue weighted by Crippen LogP contribution is -2.26. The molecule has 0 N–H and O–H groups in total. The van der Waals surface area contributed by atoms with E-state index in [0.717, 1.165) is 34.1 Å².